The normalized spacial score (nSPS) is 12.0. The maximum atomic E-state index is 12.6. The number of rotatable bonds is 6. The summed E-state index contributed by atoms with van der Waals surface area (Å²) in [5.41, 5.74) is 3.53. The lowest BCUT2D eigenvalue weighted by Gasteiger charge is -2.16. The van der Waals surface area contributed by atoms with Crippen molar-refractivity contribution in [3.63, 3.8) is 0 Å². The van der Waals surface area contributed by atoms with Crippen molar-refractivity contribution in [2.24, 2.45) is 0 Å². The summed E-state index contributed by atoms with van der Waals surface area (Å²) < 4.78 is 7.30. The molecule has 0 spiro atoms. The van der Waals surface area contributed by atoms with Crippen molar-refractivity contribution in [1.82, 2.24) is 14.9 Å². The van der Waals surface area contributed by atoms with Gasteiger partial charge in [0.25, 0.3) is 5.91 Å². The molecule has 1 aromatic heterocycles. The Bertz CT molecular complexity index is 959. The standard InChI is InChI=1S/C21H23N3O2/c1-14(2)13-24-19-11-6-5-10-18(19)23-20(24)15(3)22-21(25)16-8-7-9-17(12-16)26-4/h5-12,15H,1,13H2,2-4H3,(H,22,25). The Hall–Kier alpha value is -3.08. The first-order valence-electron chi connectivity index (χ1n) is 8.54. The highest BCUT2D eigenvalue weighted by atomic mass is 16.5. The number of benzene rings is 2. The Kier molecular flexibility index (Phi) is 5.07. The van der Waals surface area contributed by atoms with Crippen molar-refractivity contribution in [3.05, 3.63) is 72.1 Å². The van der Waals surface area contributed by atoms with E-state index >= 15 is 0 Å². The fourth-order valence-electron chi connectivity index (χ4n) is 2.97. The van der Waals surface area contributed by atoms with Crippen LogP contribution >= 0.6 is 0 Å². The van der Waals surface area contributed by atoms with Gasteiger partial charge in [0.1, 0.15) is 11.6 Å². The van der Waals surface area contributed by atoms with Crippen LogP contribution in [0.1, 0.15) is 36.1 Å². The minimum absolute atomic E-state index is 0.162. The topological polar surface area (TPSA) is 56.2 Å². The van der Waals surface area contributed by atoms with Gasteiger partial charge in [-0.2, -0.15) is 0 Å². The number of fused-ring (bicyclic) bond motifs is 1. The molecule has 0 fully saturated rings. The molecular weight excluding hydrogens is 326 g/mol. The zero-order valence-electron chi connectivity index (χ0n) is 15.3. The lowest BCUT2D eigenvalue weighted by Crippen LogP contribution is -2.28. The van der Waals surface area contributed by atoms with E-state index in [4.69, 9.17) is 9.72 Å². The molecule has 0 radical (unpaired) electrons. The van der Waals surface area contributed by atoms with Gasteiger partial charge in [0.05, 0.1) is 24.2 Å². The van der Waals surface area contributed by atoms with Gasteiger partial charge in [-0.1, -0.05) is 30.4 Å². The SMILES string of the molecule is C=C(C)Cn1c(C(C)NC(=O)c2cccc(OC)c2)nc2ccccc21. The minimum Gasteiger partial charge on any atom is -0.497 e. The first-order chi connectivity index (χ1) is 12.5. The van der Waals surface area contributed by atoms with Gasteiger partial charge in [-0.25, -0.2) is 4.98 Å². The molecule has 26 heavy (non-hydrogen) atoms. The molecule has 1 atom stereocenters. The first kappa shape index (κ1) is 17.7. The Morgan fingerprint density at radius 2 is 2.04 bits per heavy atom. The average molecular weight is 349 g/mol. The maximum absolute atomic E-state index is 12.6. The van der Waals surface area contributed by atoms with Crippen LogP contribution in [0.4, 0.5) is 0 Å². The van der Waals surface area contributed by atoms with Crippen molar-refractivity contribution in [1.29, 1.82) is 0 Å². The van der Waals surface area contributed by atoms with Gasteiger partial charge in [0.15, 0.2) is 0 Å². The number of para-hydroxylation sites is 2. The van der Waals surface area contributed by atoms with Crippen LogP contribution in [0.3, 0.4) is 0 Å². The third kappa shape index (κ3) is 3.61. The molecule has 2 aromatic carbocycles. The molecule has 0 saturated heterocycles. The van der Waals surface area contributed by atoms with E-state index in [1.54, 1.807) is 25.3 Å². The van der Waals surface area contributed by atoms with Crippen LogP contribution in [-0.4, -0.2) is 22.6 Å². The van der Waals surface area contributed by atoms with Gasteiger partial charge in [-0.3, -0.25) is 4.79 Å². The Morgan fingerprint density at radius 3 is 2.77 bits per heavy atom. The van der Waals surface area contributed by atoms with Gasteiger partial charge < -0.3 is 14.6 Å². The smallest absolute Gasteiger partial charge is 0.251 e. The third-order valence-electron chi connectivity index (χ3n) is 4.18. The molecule has 5 nitrogen and oxygen atoms in total. The summed E-state index contributed by atoms with van der Waals surface area (Å²) in [5.74, 6) is 1.30. The van der Waals surface area contributed by atoms with E-state index in [-0.39, 0.29) is 11.9 Å². The van der Waals surface area contributed by atoms with Gasteiger partial charge >= 0.3 is 0 Å². The van der Waals surface area contributed by atoms with Crippen molar-refractivity contribution < 1.29 is 9.53 Å². The fraction of sp³-hybridized carbons (Fsp3) is 0.238. The van der Waals surface area contributed by atoms with Crippen LogP contribution in [-0.2, 0) is 6.54 Å². The quantitative estimate of drug-likeness (QED) is 0.681. The average Bonchev–Trinajstić information content (AvgIpc) is 3.00. The van der Waals surface area contributed by atoms with Gasteiger partial charge in [0.2, 0.25) is 0 Å². The van der Waals surface area contributed by atoms with Crippen LogP contribution in [0, 0.1) is 0 Å². The Labute approximate surface area is 153 Å². The molecular formula is C21H23N3O2. The number of aromatic nitrogens is 2. The predicted molar refractivity (Wildman–Crippen MR) is 103 cm³/mol. The number of amides is 1. The molecule has 0 aliphatic rings. The third-order valence-corrected chi connectivity index (χ3v) is 4.18. The molecule has 1 N–H and O–H groups in total. The molecule has 1 unspecified atom stereocenters. The molecule has 3 rings (SSSR count). The summed E-state index contributed by atoms with van der Waals surface area (Å²) in [4.78, 5) is 17.4. The molecule has 5 heteroatoms. The highest BCUT2D eigenvalue weighted by molar-refractivity contribution is 5.94. The van der Waals surface area contributed by atoms with E-state index in [2.05, 4.69) is 16.5 Å². The number of ether oxygens (including phenoxy) is 1. The zero-order chi connectivity index (χ0) is 18.7. The van der Waals surface area contributed by atoms with Crippen molar-refractivity contribution in [2.75, 3.05) is 7.11 Å². The molecule has 0 aliphatic carbocycles. The zero-order valence-corrected chi connectivity index (χ0v) is 15.3. The molecule has 1 amide bonds. The number of nitrogens with zero attached hydrogens (tertiary/aromatic N) is 2. The Balaban J connectivity index is 1.90. The van der Waals surface area contributed by atoms with E-state index < -0.39 is 0 Å². The molecule has 134 valence electrons. The van der Waals surface area contributed by atoms with E-state index in [0.29, 0.717) is 17.9 Å². The van der Waals surface area contributed by atoms with Crippen LogP contribution in [0.2, 0.25) is 0 Å². The van der Waals surface area contributed by atoms with Crippen LogP contribution in [0.5, 0.6) is 5.75 Å². The lowest BCUT2D eigenvalue weighted by atomic mass is 10.2. The maximum Gasteiger partial charge on any atom is 0.251 e. The predicted octanol–water partition coefficient (Wildman–Crippen LogP) is 4.11. The molecule has 0 aliphatic heterocycles. The van der Waals surface area contributed by atoms with Crippen molar-refractivity contribution in [2.45, 2.75) is 26.4 Å². The van der Waals surface area contributed by atoms with Crippen molar-refractivity contribution in [3.8, 4) is 5.75 Å². The van der Waals surface area contributed by atoms with E-state index in [0.717, 1.165) is 22.4 Å². The second-order valence-electron chi connectivity index (χ2n) is 6.43. The Morgan fingerprint density at radius 1 is 1.27 bits per heavy atom. The number of carbonyl (C=O) groups is 1. The highest BCUT2D eigenvalue weighted by Gasteiger charge is 2.19. The summed E-state index contributed by atoms with van der Waals surface area (Å²) in [6.07, 6.45) is 0. The largest absolute Gasteiger partial charge is 0.497 e. The molecule has 1 heterocycles. The highest BCUT2D eigenvalue weighted by Crippen LogP contribution is 2.22. The van der Waals surface area contributed by atoms with Crippen molar-refractivity contribution >= 4 is 16.9 Å². The summed E-state index contributed by atoms with van der Waals surface area (Å²) in [5, 5.41) is 3.03. The number of hydrogen-bond acceptors (Lipinski definition) is 3. The lowest BCUT2D eigenvalue weighted by molar-refractivity contribution is 0.0937. The second-order valence-corrected chi connectivity index (χ2v) is 6.43. The van der Waals surface area contributed by atoms with Crippen LogP contribution in [0.15, 0.2) is 60.7 Å². The van der Waals surface area contributed by atoms with Gasteiger partial charge in [-0.05, 0) is 44.2 Å². The fourth-order valence-corrected chi connectivity index (χ4v) is 2.97. The molecule has 0 saturated carbocycles. The summed E-state index contributed by atoms with van der Waals surface area (Å²) in [6, 6.07) is 14.8. The molecule has 3 aromatic rings. The molecule has 0 bridgehead atoms. The van der Waals surface area contributed by atoms with Crippen LogP contribution in [0.25, 0.3) is 11.0 Å². The number of hydrogen-bond donors (Lipinski definition) is 1. The van der Waals surface area contributed by atoms with Gasteiger partial charge in [0, 0.05) is 12.1 Å². The van der Waals surface area contributed by atoms with Crippen LogP contribution < -0.4 is 10.1 Å². The first-order valence-corrected chi connectivity index (χ1v) is 8.54. The minimum atomic E-state index is -0.250. The van der Waals surface area contributed by atoms with E-state index in [1.807, 2.05) is 44.2 Å². The monoisotopic (exact) mass is 349 g/mol. The summed E-state index contributed by atoms with van der Waals surface area (Å²) in [6.45, 7) is 8.60. The second kappa shape index (κ2) is 7.44. The number of methoxy groups -OCH3 is 1. The number of allylic oxidation sites excluding steroid dienone is 1. The number of nitrogens with one attached hydrogen (secondary N) is 1. The van der Waals surface area contributed by atoms with E-state index in [1.165, 1.54) is 0 Å². The van der Waals surface area contributed by atoms with E-state index in [9.17, 15) is 4.79 Å². The summed E-state index contributed by atoms with van der Waals surface area (Å²) >= 11 is 0. The van der Waals surface area contributed by atoms with Gasteiger partial charge in [-0.15, -0.1) is 0 Å². The number of carbonyl (C=O) groups excluding carboxylic acids is 1. The summed E-state index contributed by atoms with van der Waals surface area (Å²) in [7, 11) is 1.58. The number of imidazole rings is 1.